The molecule has 2 aliphatic rings. The summed E-state index contributed by atoms with van der Waals surface area (Å²) in [6, 6.07) is 19.3. The fourth-order valence-corrected chi connectivity index (χ4v) is 8.34. The number of alkyl halides is 2. The number of rotatable bonds is 13. The normalized spacial score (nSPS) is 16.4. The lowest BCUT2D eigenvalue weighted by Gasteiger charge is -2.31. The van der Waals surface area contributed by atoms with Gasteiger partial charge >= 0.3 is 5.97 Å². The number of carbonyl (C=O) groups is 2. The molecular formula is C45H45F2N9O5. The first-order chi connectivity index (χ1) is 29.4. The van der Waals surface area contributed by atoms with E-state index in [1.54, 1.807) is 12.3 Å². The van der Waals surface area contributed by atoms with E-state index in [0.717, 1.165) is 45.5 Å². The number of nitrogens with one attached hydrogen (secondary N) is 2. The van der Waals surface area contributed by atoms with Crippen molar-refractivity contribution in [1.29, 1.82) is 5.26 Å². The highest BCUT2D eigenvalue weighted by atomic mass is 19.3. The van der Waals surface area contributed by atoms with Gasteiger partial charge in [-0.05, 0) is 110 Å². The second-order valence-electron chi connectivity index (χ2n) is 15.8. The molecule has 3 aromatic heterocycles. The number of nitriles is 1. The van der Waals surface area contributed by atoms with E-state index in [4.69, 9.17) is 14.5 Å². The second kappa shape index (κ2) is 17.7. The van der Waals surface area contributed by atoms with Crippen molar-refractivity contribution in [3.8, 4) is 28.7 Å². The molecule has 1 amide bonds. The highest BCUT2D eigenvalue weighted by molar-refractivity contribution is 5.90. The lowest BCUT2D eigenvalue weighted by molar-refractivity contribution is -0.137. The van der Waals surface area contributed by atoms with E-state index in [2.05, 4.69) is 41.5 Å². The molecule has 8 rings (SSSR count). The fraction of sp³-hybridized carbons (Fsp3) is 0.356. The molecule has 16 heteroatoms. The van der Waals surface area contributed by atoms with Gasteiger partial charge in [0.25, 0.3) is 6.43 Å². The van der Waals surface area contributed by atoms with E-state index < -0.39 is 18.2 Å². The standard InChI is InChI=1S/C45H45F2N9O5/c1-25-32(33-6-4-8-35(26(33)2)51-42-39-36(52-43(54-42)41(46)47)19-28(21-50-39)23-56-16-12-31(57)24-56)5-3-7-34(25)45-53-37-18-27(17-30(20-48)40(37)61-45)22-55-14-10-29(11-15-55)44(60)49-13-9-38(58)59/h3-8,17-19,21,29,31,41,57H,9-16,22-24H2,1-2H3,(H,49,60)(H,58,59)(H,51,52,54)/t31-/m1/s1. The van der Waals surface area contributed by atoms with Crippen LogP contribution < -0.4 is 10.6 Å². The average molecular weight is 830 g/mol. The largest absolute Gasteiger partial charge is 0.481 e. The average Bonchev–Trinajstić information content (AvgIpc) is 3.86. The number of benzene rings is 3. The first kappa shape index (κ1) is 41.3. The molecule has 2 saturated heterocycles. The number of carboxylic acid groups (broad SMARTS) is 1. The summed E-state index contributed by atoms with van der Waals surface area (Å²) in [4.78, 5) is 45.5. The number of carbonyl (C=O) groups excluding carboxylic acids is 1. The zero-order valence-electron chi connectivity index (χ0n) is 33.8. The Balaban J connectivity index is 1.02. The van der Waals surface area contributed by atoms with Gasteiger partial charge in [0.1, 0.15) is 17.1 Å². The Hall–Kier alpha value is -6.41. The highest BCUT2D eigenvalue weighted by Crippen LogP contribution is 2.38. The number of aromatic nitrogens is 4. The minimum Gasteiger partial charge on any atom is -0.481 e. The van der Waals surface area contributed by atoms with Crippen LogP contribution in [0.2, 0.25) is 0 Å². The van der Waals surface area contributed by atoms with Crippen molar-refractivity contribution in [1.82, 2.24) is 35.1 Å². The fourth-order valence-electron chi connectivity index (χ4n) is 8.34. The van der Waals surface area contributed by atoms with Crippen LogP contribution in [0.25, 0.3) is 44.7 Å². The maximum absolute atomic E-state index is 14.1. The van der Waals surface area contributed by atoms with Crippen LogP contribution in [-0.4, -0.2) is 90.7 Å². The number of aliphatic carboxylic acids is 1. The Morgan fingerprint density at radius 2 is 1.62 bits per heavy atom. The highest BCUT2D eigenvalue weighted by Gasteiger charge is 2.26. The maximum Gasteiger partial charge on any atom is 0.305 e. The maximum atomic E-state index is 14.1. The van der Waals surface area contributed by atoms with E-state index in [9.17, 15) is 28.7 Å². The van der Waals surface area contributed by atoms with Crippen molar-refractivity contribution in [2.45, 2.75) is 65.1 Å². The predicted octanol–water partition coefficient (Wildman–Crippen LogP) is 7.04. The minimum atomic E-state index is -2.90. The molecule has 0 radical (unpaired) electrons. The molecule has 3 aromatic carbocycles. The number of pyridine rings is 1. The van der Waals surface area contributed by atoms with Gasteiger partial charge in [0.15, 0.2) is 17.2 Å². The first-order valence-corrected chi connectivity index (χ1v) is 20.3. The molecule has 5 heterocycles. The molecule has 0 bridgehead atoms. The number of hydrogen-bond acceptors (Lipinski definition) is 12. The van der Waals surface area contributed by atoms with Crippen LogP contribution in [0.5, 0.6) is 0 Å². The number of carboxylic acids is 1. The van der Waals surface area contributed by atoms with Crippen molar-refractivity contribution in [3.05, 3.63) is 94.4 Å². The zero-order valence-corrected chi connectivity index (χ0v) is 33.8. The van der Waals surface area contributed by atoms with Crippen LogP contribution in [0.1, 0.15) is 65.8 Å². The summed E-state index contributed by atoms with van der Waals surface area (Å²) in [6.07, 6.45) is 0.287. The van der Waals surface area contributed by atoms with Gasteiger partial charge in [-0.2, -0.15) is 5.26 Å². The molecule has 61 heavy (non-hydrogen) atoms. The van der Waals surface area contributed by atoms with Crippen LogP contribution in [0.3, 0.4) is 0 Å². The molecule has 4 N–H and O–H groups in total. The van der Waals surface area contributed by atoms with E-state index in [1.807, 2.05) is 62.4 Å². The topological polar surface area (TPSA) is 194 Å². The van der Waals surface area contributed by atoms with E-state index in [1.165, 1.54) is 0 Å². The number of oxazole rings is 1. The van der Waals surface area contributed by atoms with Gasteiger partial charge in [-0.1, -0.05) is 24.3 Å². The van der Waals surface area contributed by atoms with Crippen molar-refractivity contribution >= 4 is 45.5 Å². The van der Waals surface area contributed by atoms with Crippen LogP contribution in [0.15, 0.2) is 65.2 Å². The Labute approximate surface area is 350 Å². The molecule has 14 nitrogen and oxygen atoms in total. The summed E-state index contributed by atoms with van der Waals surface area (Å²) < 4.78 is 34.5. The summed E-state index contributed by atoms with van der Waals surface area (Å²) >= 11 is 0. The minimum absolute atomic E-state index is 0.110. The first-order valence-electron chi connectivity index (χ1n) is 20.3. The van der Waals surface area contributed by atoms with Gasteiger partial charge in [0, 0.05) is 56.1 Å². The van der Waals surface area contributed by atoms with Crippen molar-refractivity contribution < 1.29 is 33.0 Å². The molecule has 0 saturated carbocycles. The second-order valence-corrected chi connectivity index (χ2v) is 15.8. The predicted molar refractivity (Wildman–Crippen MR) is 224 cm³/mol. The van der Waals surface area contributed by atoms with E-state index >= 15 is 0 Å². The molecule has 0 aliphatic carbocycles. The van der Waals surface area contributed by atoms with Crippen LogP contribution in [0, 0.1) is 31.1 Å². The summed E-state index contributed by atoms with van der Waals surface area (Å²) in [7, 11) is 0. The third kappa shape index (κ3) is 9.04. The van der Waals surface area contributed by atoms with Crippen LogP contribution in [-0.2, 0) is 22.7 Å². The Morgan fingerprint density at radius 3 is 2.34 bits per heavy atom. The number of fused-ring (bicyclic) bond motifs is 2. The van der Waals surface area contributed by atoms with E-state index in [0.29, 0.717) is 91.3 Å². The van der Waals surface area contributed by atoms with Crippen LogP contribution in [0.4, 0.5) is 20.3 Å². The molecular weight excluding hydrogens is 785 g/mol. The number of nitrogens with zero attached hydrogens (tertiary/aromatic N) is 7. The van der Waals surface area contributed by atoms with Crippen molar-refractivity contribution in [2.75, 3.05) is 38.0 Å². The zero-order chi connectivity index (χ0) is 42.8. The lowest BCUT2D eigenvalue weighted by atomic mass is 9.93. The van der Waals surface area contributed by atoms with Crippen molar-refractivity contribution in [2.24, 2.45) is 5.92 Å². The van der Waals surface area contributed by atoms with Gasteiger partial charge in [-0.15, -0.1) is 0 Å². The van der Waals surface area contributed by atoms with E-state index in [-0.39, 0.29) is 36.7 Å². The number of likely N-dealkylation sites (tertiary alicyclic amines) is 2. The number of hydrogen-bond donors (Lipinski definition) is 4. The van der Waals surface area contributed by atoms with Crippen LogP contribution >= 0.6 is 0 Å². The summed E-state index contributed by atoms with van der Waals surface area (Å²) in [5, 5.41) is 34.9. The number of aliphatic hydroxyl groups excluding tert-OH is 1. The number of β-amino-alcohol motifs (C(OH)–C–C–N with tert-alkyl or cyclic N) is 1. The van der Waals surface area contributed by atoms with Gasteiger partial charge in [0.05, 0.1) is 23.6 Å². The smallest absolute Gasteiger partial charge is 0.305 e. The number of anilines is 2. The Kier molecular flexibility index (Phi) is 12.0. The number of amides is 1. The molecule has 2 aliphatic heterocycles. The molecule has 314 valence electrons. The summed E-state index contributed by atoms with van der Waals surface area (Å²) in [5.41, 5.74) is 8.57. The Bertz CT molecular complexity index is 2670. The number of piperidine rings is 1. The third-order valence-electron chi connectivity index (χ3n) is 11.6. The third-order valence-corrected chi connectivity index (χ3v) is 11.6. The lowest BCUT2D eigenvalue weighted by Crippen LogP contribution is -2.40. The Morgan fingerprint density at radius 1 is 0.918 bits per heavy atom. The monoisotopic (exact) mass is 829 g/mol. The van der Waals surface area contributed by atoms with Gasteiger partial charge in [-0.25, -0.2) is 23.7 Å². The summed E-state index contributed by atoms with van der Waals surface area (Å²) in [6.45, 7) is 7.75. The summed E-state index contributed by atoms with van der Waals surface area (Å²) in [5.74, 6) is -1.32. The SMILES string of the molecule is Cc1c(Nc2nc(C(F)F)nc3cc(CN4CC[C@@H](O)C4)cnc23)cccc1-c1cccc(-c2nc3cc(CN4CCC(C(=O)NCCC(=O)O)CC4)cc(C#N)c3o2)c1C. The molecule has 1 atom stereocenters. The van der Waals surface area contributed by atoms with Gasteiger partial charge in [0.2, 0.25) is 11.8 Å². The van der Waals surface area contributed by atoms with Crippen molar-refractivity contribution in [3.63, 3.8) is 0 Å². The van der Waals surface area contributed by atoms with Gasteiger partial charge in [-0.3, -0.25) is 24.4 Å². The van der Waals surface area contributed by atoms with Gasteiger partial charge < -0.3 is 25.3 Å². The number of aliphatic hydroxyl groups is 1. The molecule has 2 fully saturated rings. The quantitative estimate of drug-likeness (QED) is 0.0927. The molecule has 0 spiro atoms. The molecule has 0 unspecified atom stereocenters. The number of halogens is 2. The molecule has 6 aromatic rings.